The van der Waals surface area contributed by atoms with E-state index in [1.807, 2.05) is 24.3 Å². The molecule has 1 aliphatic rings. The van der Waals surface area contributed by atoms with Gasteiger partial charge in [-0.25, -0.2) is 0 Å². The fourth-order valence-electron chi connectivity index (χ4n) is 1.24. The molecule has 2 rings (SSSR count). The Kier molecular flexibility index (Phi) is 2.07. The van der Waals surface area contributed by atoms with Gasteiger partial charge in [0.25, 0.3) is 0 Å². The van der Waals surface area contributed by atoms with Gasteiger partial charge in [-0.3, -0.25) is 15.8 Å². The number of nitrogens with one attached hydrogen (secondary N) is 2. The molecule has 0 atom stereocenters. The summed E-state index contributed by atoms with van der Waals surface area (Å²) < 4.78 is 0. The van der Waals surface area contributed by atoms with Crippen LogP contribution >= 0.6 is 0 Å². The molecule has 68 valence electrons. The van der Waals surface area contributed by atoms with Crippen LogP contribution in [0.2, 0.25) is 0 Å². The largest absolute Gasteiger partial charge is 0.299 e. The number of nitrogens with zero attached hydrogens (tertiary/aromatic N) is 1. The van der Waals surface area contributed by atoms with Gasteiger partial charge in [0.1, 0.15) is 0 Å². The van der Waals surface area contributed by atoms with Gasteiger partial charge in [0.15, 0.2) is 0 Å². The van der Waals surface area contributed by atoms with E-state index >= 15 is 0 Å². The molecule has 1 aromatic rings. The van der Waals surface area contributed by atoms with Crippen molar-refractivity contribution < 1.29 is 0 Å². The number of hydrogen-bond acceptors (Lipinski definition) is 3. The molecule has 0 bridgehead atoms. The number of hydrogen-bond donors (Lipinski definition) is 2. The molecule has 3 heteroatoms. The molecule has 2 N–H and O–H groups in total. The molecule has 0 radical (unpaired) electrons. The molecule has 1 aliphatic carbocycles. The van der Waals surface area contributed by atoms with Crippen LogP contribution < -0.4 is 0 Å². The number of pyridine rings is 1. The molecule has 0 unspecified atom stereocenters. The summed E-state index contributed by atoms with van der Waals surface area (Å²) in [6.07, 6.45) is 6.80. The minimum Gasteiger partial charge on any atom is -0.299 e. The van der Waals surface area contributed by atoms with E-state index < -0.39 is 0 Å². The topological polar surface area (TPSA) is 60.6 Å². The lowest BCUT2D eigenvalue weighted by molar-refractivity contribution is 1.28. The van der Waals surface area contributed by atoms with E-state index in [2.05, 4.69) is 4.98 Å². The van der Waals surface area contributed by atoms with Crippen molar-refractivity contribution in [3.05, 3.63) is 48.3 Å². The highest BCUT2D eigenvalue weighted by atomic mass is 14.7. The predicted octanol–water partition coefficient (Wildman–Crippen LogP) is 2.07. The lowest BCUT2D eigenvalue weighted by atomic mass is 10.0. The van der Waals surface area contributed by atoms with Gasteiger partial charge in [0.2, 0.25) is 0 Å². The van der Waals surface area contributed by atoms with Gasteiger partial charge >= 0.3 is 0 Å². The first kappa shape index (κ1) is 8.56. The summed E-state index contributed by atoms with van der Waals surface area (Å²) in [4.78, 5) is 4.18. The number of allylic oxidation sites excluding steroid dienone is 4. The molecule has 3 nitrogen and oxygen atoms in total. The third-order valence-corrected chi connectivity index (χ3v) is 1.98. The first-order valence-electron chi connectivity index (χ1n) is 4.26. The van der Waals surface area contributed by atoms with Gasteiger partial charge in [-0.1, -0.05) is 12.1 Å². The van der Waals surface area contributed by atoms with Gasteiger partial charge < -0.3 is 0 Å². The van der Waals surface area contributed by atoms with Crippen LogP contribution in [0, 0.1) is 10.8 Å². The van der Waals surface area contributed by atoms with Gasteiger partial charge in [-0.15, -0.1) is 0 Å². The van der Waals surface area contributed by atoms with E-state index in [1.165, 1.54) is 0 Å². The maximum atomic E-state index is 7.49. The van der Waals surface area contributed by atoms with Crippen molar-refractivity contribution >= 4 is 17.0 Å². The van der Waals surface area contributed by atoms with Gasteiger partial charge in [-0.05, 0) is 24.3 Å². The van der Waals surface area contributed by atoms with Crippen LogP contribution in [-0.4, -0.2) is 16.4 Å². The van der Waals surface area contributed by atoms with Gasteiger partial charge in [0, 0.05) is 11.8 Å². The summed E-state index contributed by atoms with van der Waals surface area (Å²) in [5, 5.41) is 14.9. The normalized spacial score (nSPS) is 15.6. The summed E-state index contributed by atoms with van der Waals surface area (Å²) in [6.45, 7) is 0. The second-order valence-electron chi connectivity index (χ2n) is 2.98. The number of aromatic nitrogens is 1. The van der Waals surface area contributed by atoms with E-state index in [0.717, 1.165) is 11.3 Å². The zero-order valence-corrected chi connectivity index (χ0v) is 7.49. The Morgan fingerprint density at radius 3 is 2.50 bits per heavy atom. The van der Waals surface area contributed by atoms with Crippen molar-refractivity contribution in [2.45, 2.75) is 0 Å². The van der Waals surface area contributed by atoms with Gasteiger partial charge in [0.05, 0.1) is 17.1 Å². The molecular formula is C11H9N3. The molecule has 0 saturated heterocycles. The van der Waals surface area contributed by atoms with E-state index in [0.29, 0.717) is 0 Å². The Hall–Kier alpha value is -2.03. The van der Waals surface area contributed by atoms with Crippen LogP contribution in [0.1, 0.15) is 5.69 Å². The van der Waals surface area contributed by atoms with Crippen LogP contribution in [-0.2, 0) is 0 Å². The second-order valence-corrected chi connectivity index (χ2v) is 2.98. The number of rotatable bonds is 1. The monoisotopic (exact) mass is 183 g/mol. The Morgan fingerprint density at radius 1 is 1.00 bits per heavy atom. The molecule has 0 aromatic carbocycles. The van der Waals surface area contributed by atoms with Crippen LogP contribution in [0.5, 0.6) is 0 Å². The maximum absolute atomic E-state index is 7.49. The highest BCUT2D eigenvalue weighted by Gasteiger charge is 2.08. The van der Waals surface area contributed by atoms with Crippen LogP contribution in [0.15, 0.2) is 42.6 Å². The Labute approximate surface area is 81.8 Å². The van der Waals surface area contributed by atoms with E-state index in [-0.39, 0.29) is 11.4 Å². The van der Waals surface area contributed by atoms with E-state index in [9.17, 15) is 0 Å². The highest BCUT2D eigenvalue weighted by molar-refractivity contribution is 6.50. The SMILES string of the molecule is N=C1C=CC(c2ccccn2)=CC1=N. The quantitative estimate of drug-likeness (QED) is 0.643. The maximum Gasteiger partial charge on any atom is 0.0795 e. The minimum atomic E-state index is 0.230. The lowest BCUT2D eigenvalue weighted by Gasteiger charge is -2.07. The predicted molar refractivity (Wildman–Crippen MR) is 56.8 cm³/mol. The molecule has 0 amide bonds. The van der Waals surface area contributed by atoms with Crippen molar-refractivity contribution in [1.82, 2.24) is 4.98 Å². The summed E-state index contributed by atoms with van der Waals surface area (Å²) in [5.41, 5.74) is 2.19. The minimum absolute atomic E-state index is 0.230. The molecule has 0 aliphatic heterocycles. The fraction of sp³-hybridized carbons (Fsp3) is 0. The third-order valence-electron chi connectivity index (χ3n) is 1.98. The zero-order chi connectivity index (χ0) is 9.97. The lowest BCUT2D eigenvalue weighted by Crippen LogP contribution is -2.09. The fourth-order valence-corrected chi connectivity index (χ4v) is 1.24. The van der Waals surface area contributed by atoms with Crippen LogP contribution in [0.4, 0.5) is 0 Å². The average molecular weight is 183 g/mol. The molecule has 1 aromatic heterocycles. The van der Waals surface area contributed by atoms with Crippen molar-refractivity contribution in [1.29, 1.82) is 10.8 Å². The van der Waals surface area contributed by atoms with Crippen molar-refractivity contribution in [3.63, 3.8) is 0 Å². The van der Waals surface area contributed by atoms with Gasteiger partial charge in [-0.2, -0.15) is 0 Å². The van der Waals surface area contributed by atoms with E-state index in [1.54, 1.807) is 18.3 Å². The van der Waals surface area contributed by atoms with Crippen molar-refractivity contribution in [3.8, 4) is 0 Å². The smallest absolute Gasteiger partial charge is 0.0795 e. The highest BCUT2D eigenvalue weighted by Crippen LogP contribution is 2.16. The molecule has 0 saturated carbocycles. The third kappa shape index (κ3) is 1.52. The summed E-state index contributed by atoms with van der Waals surface area (Å²) in [5.74, 6) is 0. The van der Waals surface area contributed by atoms with E-state index in [4.69, 9.17) is 10.8 Å². The average Bonchev–Trinajstić information content (AvgIpc) is 2.23. The van der Waals surface area contributed by atoms with Crippen molar-refractivity contribution in [2.24, 2.45) is 0 Å². The van der Waals surface area contributed by atoms with Crippen LogP contribution in [0.25, 0.3) is 5.57 Å². The van der Waals surface area contributed by atoms with Crippen molar-refractivity contribution in [2.75, 3.05) is 0 Å². The molecule has 0 spiro atoms. The summed E-state index contributed by atoms with van der Waals surface area (Å²) >= 11 is 0. The zero-order valence-electron chi connectivity index (χ0n) is 7.49. The first-order valence-corrected chi connectivity index (χ1v) is 4.26. The molecule has 14 heavy (non-hydrogen) atoms. The Bertz CT molecular complexity index is 441. The standard InChI is InChI=1S/C11H9N3/c12-9-5-4-8(7-10(9)13)11-3-1-2-6-14-11/h1-7,12-13H. The molecule has 1 heterocycles. The van der Waals surface area contributed by atoms with Crippen LogP contribution in [0.3, 0.4) is 0 Å². The Balaban J connectivity index is 2.39. The summed E-state index contributed by atoms with van der Waals surface area (Å²) in [6, 6.07) is 5.64. The first-order chi connectivity index (χ1) is 6.77. The Morgan fingerprint density at radius 2 is 1.86 bits per heavy atom. The molecule has 0 fully saturated rings. The second kappa shape index (κ2) is 3.38. The summed E-state index contributed by atoms with van der Waals surface area (Å²) in [7, 11) is 0. The molecular weight excluding hydrogens is 174 g/mol.